The van der Waals surface area contributed by atoms with Gasteiger partial charge in [-0.25, -0.2) is 4.39 Å². The molecule has 1 aromatic rings. The number of hydrogen-bond acceptors (Lipinski definition) is 3. The third-order valence-electron chi connectivity index (χ3n) is 4.20. The van der Waals surface area contributed by atoms with Crippen molar-refractivity contribution >= 4 is 5.57 Å². The SMILES string of the molecule is CC(F)=C(C)c1cnn(C)c1C1CC(N(C)C)CCO1. The average molecular weight is 281 g/mol. The summed E-state index contributed by atoms with van der Waals surface area (Å²) >= 11 is 0. The molecule has 5 heteroatoms. The molecular weight excluding hydrogens is 257 g/mol. The Balaban J connectivity index is 2.33. The second kappa shape index (κ2) is 6.06. The third kappa shape index (κ3) is 2.94. The van der Waals surface area contributed by atoms with Crippen molar-refractivity contribution < 1.29 is 9.13 Å². The molecular formula is C15H24FN3O. The van der Waals surface area contributed by atoms with E-state index in [1.54, 1.807) is 13.1 Å². The standard InChI is InChI=1S/C15H24FN3O/c1-10(11(2)16)13-9-17-19(5)15(13)14-8-12(18(3)4)6-7-20-14/h9,12,14H,6-8H2,1-5H3. The molecule has 4 nitrogen and oxygen atoms in total. The van der Waals surface area contributed by atoms with Crippen LogP contribution >= 0.6 is 0 Å². The maximum absolute atomic E-state index is 13.5. The van der Waals surface area contributed by atoms with Crippen LogP contribution in [0.2, 0.25) is 0 Å². The molecule has 0 amide bonds. The Labute approximate surface area is 120 Å². The number of hydrogen-bond donors (Lipinski definition) is 0. The van der Waals surface area contributed by atoms with Gasteiger partial charge in [0.15, 0.2) is 0 Å². The summed E-state index contributed by atoms with van der Waals surface area (Å²) in [6, 6.07) is 0.493. The molecule has 1 saturated heterocycles. The van der Waals surface area contributed by atoms with Gasteiger partial charge in [0.25, 0.3) is 0 Å². The van der Waals surface area contributed by atoms with Gasteiger partial charge in [-0.1, -0.05) is 0 Å². The molecule has 2 rings (SSSR count). The first-order valence-corrected chi connectivity index (χ1v) is 7.05. The van der Waals surface area contributed by atoms with E-state index >= 15 is 0 Å². The summed E-state index contributed by atoms with van der Waals surface area (Å²) in [6.45, 7) is 4.01. The molecule has 0 spiro atoms. The summed E-state index contributed by atoms with van der Waals surface area (Å²) in [5.41, 5.74) is 2.48. The lowest BCUT2D eigenvalue weighted by Gasteiger charge is -2.34. The molecule has 0 bridgehead atoms. The van der Waals surface area contributed by atoms with Gasteiger partial charge < -0.3 is 9.64 Å². The van der Waals surface area contributed by atoms with Gasteiger partial charge >= 0.3 is 0 Å². The number of ether oxygens (including phenoxy) is 1. The molecule has 20 heavy (non-hydrogen) atoms. The molecule has 1 aliphatic rings. The van der Waals surface area contributed by atoms with Crippen LogP contribution in [0.5, 0.6) is 0 Å². The maximum atomic E-state index is 13.5. The summed E-state index contributed by atoms with van der Waals surface area (Å²) in [5.74, 6) is -0.167. The first kappa shape index (κ1) is 15.2. The predicted molar refractivity (Wildman–Crippen MR) is 78.0 cm³/mol. The molecule has 0 radical (unpaired) electrons. The topological polar surface area (TPSA) is 30.3 Å². The van der Waals surface area contributed by atoms with E-state index in [0.717, 1.165) is 30.7 Å². The highest BCUT2D eigenvalue weighted by Crippen LogP contribution is 2.34. The molecule has 0 aromatic carbocycles. The van der Waals surface area contributed by atoms with Crippen LogP contribution in [0.1, 0.15) is 44.1 Å². The smallest absolute Gasteiger partial charge is 0.101 e. The normalized spacial score (nSPS) is 24.9. The molecule has 2 heterocycles. The van der Waals surface area contributed by atoms with Crippen LogP contribution in [0.15, 0.2) is 12.0 Å². The van der Waals surface area contributed by atoms with Gasteiger partial charge in [0.2, 0.25) is 0 Å². The Morgan fingerprint density at radius 1 is 1.45 bits per heavy atom. The van der Waals surface area contributed by atoms with Crippen molar-refractivity contribution in [2.75, 3.05) is 20.7 Å². The van der Waals surface area contributed by atoms with E-state index in [1.807, 2.05) is 11.7 Å². The average Bonchev–Trinajstić information content (AvgIpc) is 2.79. The Morgan fingerprint density at radius 2 is 2.15 bits per heavy atom. The number of nitrogens with zero attached hydrogens (tertiary/aromatic N) is 3. The second-order valence-electron chi connectivity index (χ2n) is 5.73. The Bertz CT molecular complexity index is 503. The third-order valence-corrected chi connectivity index (χ3v) is 4.20. The van der Waals surface area contributed by atoms with Crippen LogP contribution in [-0.4, -0.2) is 41.4 Å². The monoisotopic (exact) mass is 281 g/mol. The molecule has 1 fully saturated rings. The molecule has 0 aliphatic carbocycles. The van der Waals surface area contributed by atoms with Crippen molar-refractivity contribution in [3.05, 3.63) is 23.3 Å². The van der Waals surface area contributed by atoms with E-state index in [-0.39, 0.29) is 11.9 Å². The van der Waals surface area contributed by atoms with E-state index < -0.39 is 0 Å². The first-order chi connectivity index (χ1) is 9.41. The van der Waals surface area contributed by atoms with Gasteiger partial charge in [0.05, 0.1) is 11.9 Å². The van der Waals surface area contributed by atoms with Crippen LogP contribution in [0.25, 0.3) is 5.57 Å². The van der Waals surface area contributed by atoms with Crippen molar-refractivity contribution in [2.45, 2.75) is 38.8 Å². The van der Waals surface area contributed by atoms with Crippen LogP contribution in [0, 0.1) is 0 Å². The fourth-order valence-corrected chi connectivity index (χ4v) is 2.74. The minimum atomic E-state index is -0.167. The fraction of sp³-hybridized carbons (Fsp3) is 0.667. The van der Waals surface area contributed by atoms with Crippen LogP contribution < -0.4 is 0 Å². The van der Waals surface area contributed by atoms with E-state index in [9.17, 15) is 4.39 Å². The minimum Gasteiger partial charge on any atom is -0.372 e. The minimum absolute atomic E-state index is 0.0204. The highest BCUT2D eigenvalue weighted by Gasteiger charge is 2.29. The van der Waals surface area contributed by atoms with E-state index in [1.165, 1.54) is 6.92 Å². The Kier molecular flexibility index (Phi) is 4.60. The first-order valence-electron chi connectivity index (χ1n) is 7.05. The summed E-state index contributed by atoms with van der Waals surface area (Å²) < 4.78 is 21.3. The number of rotatable bonds is 3. The Morgan fingerprint density at radius 3 is 2.75 bits per heavy atom. The zero-order valence-corrected chi connectivity index (χ0v) is 13.0. The molecule has 0 N–H and O–H groups in total. The lowest BCUT2D eigenvalue weighted by atomic mass is 9.96. The van der Waals surface area contributed by atoms with Gasteiger partial charge in [0.1, 0.15) is 11.9 Å². The maximum Gasteiger partial charge on any atom is 0.101 e. The zero-order valence-electron chi connectivity index (χ0n) is 13.0. The molecule has 2 unspecified atom stereocenters. The van der Waals surface area contributed by atoms with Crippen LogP contribution in [-0.2, 0) is 11.8 Å². The van der Waals surface area contributed by atoms with Gasteiger partial charge in [0, 0.05) is 25.3 Å². The summed E-state index contributed by atoms with van der Waals surface area (Å²) in [6.07, 6.45) is 3.66. The number of aromatic nitrogens is 2. The van der Waals surface area contributed by atoms with Gasteiger partial charge in [-0.2, -0.15) is 5.10 Å². The summed E-state index contributed by atoms with van der Waals surface area (Å²) in [5, 5.41) is 4.29. The van der Waals surface area contributed by atoms with Crippen molar-refractivity contribution in [3.8, 4) is 0 Å². The molecule has 1 aromatic heterocycles. The fourth-order valence-electron chi connectivity index (χ4n) is 2.74. The summed E-state index contributed by atoms with van der Waals surface area (Å²) in [7, 11) is 6.07. The quantitative estimate of drug-likeness (QED) is 0.853. The van der Waals surface area contributed by atoms with Gasteiger partial charge in [-0.15, -0.1) is 0 Å². The number of halogens is 1. The molecule has 112 valence electrons. The Hall–Kier alpha value is -1.20. The van der Waals surface area contributed by atoms with Crippen LogP contribution in [0.3, 0.4) is 0 Å². The lowest BCUT2D eigenvalue weighted by molar-refractivity contribution is -0.0229. The number of aryl methyl sites for hydroxylation is 1. The zero-order chi connectivity index (χ0) is 14.9. The molecule has 2 atom stereocenters. The van der Waals surface area contributed by atoms with Crippen molar-refractivity contribution in [1.82, 2.24) is 14.7 Å². The molecule has 0 saturated carbocycles. The second-order valence-corrected chi connectivity index (χ2v) is 5.73. The lowest BCUT2D eigenvalue weighted by Crippen LogP contribution is -2.35. The van der Waals surface area contributed by atoms with Crippen molar-refractivity contribution in [3.63, 3.8) is 0 Å². The highest BCUT2D eigenvalue weighted by molar-refractivity contribution is 5.66. The van der Waals surface area contributed by atoms with E-state index in [0.29, 0.717) is 11.6 Å². The summed E-state index contributed by atoms with van der Waals surface area (Å²) in [4.78, 5) is 2.23. The highest BCUT2D eigenvalue weighted by atomic mass is 19.1. The predicted octanol–water partition coefficient (Wildman–Crippen LogP) is 2.92. The molecule has 1 aliphatic heterocycles. The van der Waals surface area contributed by atoms with Crippen LogP contribution in [0.4, 0.5) is 4.39 Å². The van der Waals surface area contributed by atoms with E-state index in [2.05, 4.69) is 24.1 Å². The largest absolute Gasteiger partial charge is 0.372 e. The van der Waals surface area contributed by atoms with Crippen molar-refractivity contribution in [1.29, 1.82) is 0 Å². The van der Waals surface area contributed by atoms with Gasteiger partial charge in [-0.3, -0.25) is 4.68 Å². The van der Waals surface area contributed by atoms with Gasteiger partial charge in [-0.05, 0) is 46.4 Å². The van der Waals surface area contributed by atoms with E-state index in [4.69, 9.17) is 4.74 Å². The number of allylic oxidation sites excluding steroid dienone is 2. The van der Waals surface area contributed by atoms with Crippen molar-refractivity contribution in [2.24, 2.45) is 7.05 Å².